The van der Waals surface area contributed by atoms with Crippen LogP contribution in [0, 0.1) is 0 Å². The smallest absolute Gasteiger partial charge is 0.135 e. The quantitative estimate of drug-likeness (QED) is 0.868. The van der Waals surface area contributed by atoms with E-state index >= 15 is 0 Å². The Morgan fingerprint density at radius 3 is 2.67 bits per heavy atom. The first-order valence-corrected chi connectivity index (χ1v) is 7.79. The van der Waals surface area contributed by atoms with E-state index in [9.17, 15) is 4.21 Å². The number of nitrogen functional groups attached to an aromatic ring is 1. The van der Waals surface area contributed by atoms with E-state index in [0.29, 0.717) is 11.9 Å². The highest BCUT2D eigenvalue weighted by atomic mass is 32.2. The first-order valence-electron chi connectivity index (χ1n) is 6.30. The Kier molecular flexibility index (Phi) is 4.16. The molecule has 100 valence electrons. The van der Waals surface area contributed by atoms with Gasteiger partial charge < -0.3 is 11.1 Å². The average Bonchev–Trinajstić information content (AvgIpc) is 2.31. The molecule has 1 aliphatic heterocycles. The summed E-state index contributed by atoms with van der Waals surface area (Å²) >= 11 is 0. The fourth-order valence-corrected chi connectivity index (χ4v) is 3.26. The van der Waals surface area contributed by atoms with Gasteiger partial charge >= 0.3 is 0 Å². The summed E-state index contributed by atoms with van der Waals surface area (Å²) in [5, 5.41) is 3.37. The second-order valence-corrected chi connectivity index (χ2v) is 6.65. The molecule has 0 saturated carbocycles. The van der Waals surface area contributed by atoms with Crippen LogP contribution in [0.25, 0.3) is 0 Å². The van der Waals surface area contributed by atoms with Crippen LogP contribution in [0.1, 0.15) is 38.4 Å². The first kappa shape index (κ1) is 13.3. The molecule has 6 heteroatoms. The first-order chi connectivity index (χ1) is 8.54. The van der Waals surface area contributed by atoms with Crippen molar-refractivity contribution in [1.82, 2.24) is 9.97 Å². The topological polar surface area (TPSA) is 80.9 Å². The van der Waals surface area contributed by atoms with E-state index in [0.717, 1.165) is 36.0 Å². The SMILES string of the molecule is CC(C)c1nc(N)cc(NC2CCS(=O)CC2)n1. The number of nitrogens with one attached hydrogen (secondary N) is 1. The maximum absolute atomic E-state index is 11.3. The summed E-state index contributed by atoms with van der Waals surface area (Å²) in [6, 6.07) is 2.11. The number of hydrogen-bond donors (Lipinski definition) is 2. The zero-order valence-corrected chi connectivity index (χ0v) is 11.7. The van der Waals surface area contributed by atoms with Gasteiger partial charge in [-0.2, -0.15) is 0 Å². The van der Waals surface area contributed by atoms with Gasteiger partial charge in [0.2, 0.25) is 0 Å². The van der Waals surface area contributed by atoms with Crippen molar-refractivity contribution in [2.75, 3.05) is 22.6 Å². The minimum absolute atomic E-state index is 0.257. The van der Waals surface area contributed by atoms with Crippen molar-refractivity contribution in [2.24, 2.45) is 0 Å². The van der Waals surface area contributed by atoms with Gasteiger partial charge in [-0.3, -0.25) is 4.21 Å². The third-order valence-electron chi connectivity index (χ3n) is 3.02. The number of aromatic nitrogens is 2. The Morgan fingerprint density at radius 2 is 2.06 bits per heavy atom. The summed E-state index contributed by atoms with van der Waals surface area (Å²) in [6.45, 7) is 4.09. The van der Waals surface area contributed by atoms with Gasteiger partial charge in [0.15, 0.2) is 0 Å². The van der Waals surface area contributed by atoms with Crippen molar-refractivity contribution >= 4 is 22.4 Å². The van der Waals surface area contributed by atoms with Crippen LogP contribution in [0.4, 0.5) is 11.6 Å². The van der Waals surface area contributed by atoms with Crippen LogP contribution in [0.3, 0.4) is 0 Å². The maximum atomic E-state index is 11.3. The molecule has 5 nitrogen and oxygen atoms in total. The molecule has 1 fully saturated rings. The Bertz CT molecular complexity index is 440. The molecule has 0 aromatic carbocycles. The Balaban J connectivity index is 2.06. The summed E-state index contributed by atoms with van der Waals surface area (Å²) in [4.78, 5) is 8.68. The van der Waals surface area contributed by atoms with Crippen molar-refractivity contribution in [2.45, 2.75) is 38.6 Å². The molecule has 18 heavy (non-hydrogen) atoms. The van der Waals surface area contributed by atoms with Gasteiger partial charge in [-0.15, -0.1) is 0 Å². The maximum Gasteiger partial charge on any atom is 0.135 e. The fourth-order valence-electron chi connectivity index (χ4n) is 1.96. The van der Waals surface area contributed by atoms with E-state index in [1.165, 1.54) is 0 Å². The van der Waals surface area contributed by atoms with Crippen LogP contribution >= 0.6 is 0 Å². The van der Waals surface area contributed by atoms with Crippen LogP contribution in [0.2, 0.25) is 0 Å². The Morgan fingerprint density at radius 1 is 1.39 bits per heavy atom. The number of rotatable bonds is 3. The minimum Gasteiger partial charge on any atom is -0.384 e. The van der Waals surface area contributed by atoms with Gasteiger partial charge in [-0.1, -0.05) is 13.8 Å². The van der Waals surface area contributed by atoms with Crippen LogP contribution in [-0.4, -0.2) is 31.7 Å². The van der Waals surface area contributed by atoms with Crippen molar-refractivity contribution in [3.05, 3.63) is 11.9 Å². The normalized spacial score (nSPS) is 24.2. The zero-order valence-electron chi connectivity index (χ0n) is 10.8. The van der Waals surface area contributed by atoms with Gasteiger partial charge in [-0.05, 0) is 12.8 Å². The third-order valence-corrected chi connectivity index (χ3v) is 4.40. The van der Waals surface area contributed by atoms with Gasteiger partial charge in [-0.25, -0.2) is 9.97 Å². The summed E-state index contributed by atoms with van der Waals surface area (Å²) in [6.07, 6.45) is 1.85. The molecule has 0 aliphatic carbocycles. The molecule has 2 heterocycles. The average molecular weight is 268 g/mol. The van der Waals surface area contributed by atoms with Crippen LogP contribution in [0.15, 0.2) is 6.07 Å². The Hall–Kier alpha value is -1.17. The minimum atomic E-state index is -0.632. The predicted octanol–water partition coefficient (Wildman–Crippen LogP) is 1.51. The molecule has 1 aliphatic rings. The van der Waals surface area contributed by atoms with Crippen LogP contribution in [0.5, 0.6) is 0 Å². The van der Waals surface area contributed by atoms with Crippen LogP contribution < -0.4 is 11.1 Å². The fraction of sp³-hybridized carbons (Fsp3) is 0.667. The van der Waals surface area contributed by atoms with Gasteiger partial charge in [0.25, 0.3) is 0 Å². The van der Waals surface area contributed by atoms with Crippen molar-refractivity contribution in [3.8, 4) is 0 Å². The molecule has 0 atom stereocenters. The molecule has 0 amide bonds. The van der Waals surface area contributed by atoms with Gasteiger partial charge in [0.05, 0.1) is 0 Å². The molecular formula is C12H20N4OS. The van der Waals surface area contributed by atoms with E-state index < -0.39 is 10.8 Å². The highest BCUT2D eigenvalue weighted by molar-refractivity contribution is 7.85. The molecule has 0 unspecified atom stereocenters. The lowest BCUT2D eigenvalue weighted by molar-refractivity contribution is 0.621. The summed E-state index contributed by atoms with van der Waals surface area (Å²) in [5.74, 6) is 3.84. The number of anilines is 2. The lowest BCUT2D eigenvalue weighted by Crippen LogP contribution is -2.29. The Labute approximate surface area is 110 Å². The molecule has 0 bridgehead atoms. The van der Waals surface area contributed by atoms with E-state index in [1.54, 1.807) is 6.07 Å². The van der Waals surface area contributed by atoms with Gasteiger partial charge in [0, 0.05) is 40.3 Å². The third kappa shape index (κ3) is 3.41. The second-order valence-electron chi connectivity index (χ2n) is 4.96. The number of hydrogen-bond acceptors (Lipinski definition) is 5. The number of nitrogens with two attached hydrogens (primary N) is 1. The zero-order chi connectivity index (χ0) is 13.1. The molecule has 1 aromatic rings. The summed E-state index contributed by atoms with van der Waals surface area (Å²) in [5.41, 5.74) is 5.78. The van der Waals surface area contributed by atoms with Crippen molar-refractivity contribution in [3.63, 3.8) is 0 Å². The molecule has 1 aromatic heterocycles. The van der Waals surface area contributed by atoms with Crippen LogP contribution in [-0.2, 0) is 10.8 Å². The lowest BCUT2D eigenvalue weighted by Gasteiger charge is -2.23. The second kappa shape index (κ2) is 5.65. The van der Waals surface area contributed by atoms with Crippen molar-refractivity contribution in [1.29, 1.82) is 0 Å². The predicted molar refractivity (Wildman–Crippen MR) is 75.1 cm³/mol. The molecule has 1 saturated heterocycles. The van der Waals surface area contributed by atoms with E-state index in [1.807, 2.05) is 13.8 Å². The highest BCUT2D eigenvalue weighted by Crippen LogP contribution is 2.18. The molecule has 0 radical (unpaired) electrons. The summed E-state index contributed by atoms with van der Waals surface area (Å²) in [7, 11) is -0.632. The highest BCUT2D eigenvalue weighted by Gasteiger charge is 2.18. The van der Waals surface area contributed by atoms with E-state index in [4.69, 9.17) is 5.73 Å². The lowest BCUT2D eigenvalue weighted by atomic mass is 10.1. The monoisotopic (exact) mass is 268 g/mol. The standard InChI is InChI=1S/C12H20N4OS/c1-8(2)12-15-10(13)7-11(16-12)14-9-3-5-18(17)6-4-9/h7-9H,3-6H2,1-2H3,(H3,13,14,15,16). The number of nitrogens with zero attached hydrogens (tertiary/aromatic N) is 2. The molecular weight excluding hydrogens is 248 g/mol. The largest absolute Gasteiger partial charge is 0.384 e. The van der Waals surface area contributed by atoms with E-state index in [2.05, 4.69) is 15.3 Å². The molecule has 3 N–H and O–H groups in total. The van der Waals surface area contributed by atoms with Crippen molar-refractivity contribution < 1.29 is 4.21 Å². The molecule has 0 spiro atoms. The summed E-state index contributed by atoms with van der Waals surface area (Å²) < 4.78 is 11.3. The van der Waals surface area contributed by atoms with E-state index in [-0.39, 0.29) is 5.92 Å². The molecule has 2 rings (SSSR count). The van der Waals surface area contributed by atoms with Gasteiger partial charge in [0.1, 0.15) is 17.5 Å².